The second kappa shape index (κ2) is 15.6. The van der Waals surface area contributed by atoms with Crippen LogP contribution in [0, 0.1) is 10.1 Å². The molecule has 0 saturated heterocycles. The van der Waals surface area contributed by atoms with Gasteiger partial charge in [-0.05, 0) is 37.0 Å². The molecule has 1 amide bonds. The Labute approximate surface area is 258 Å². The molecule has 45 heavy (non-hydrogen) atoms. The third kappa shape index (κ3) is 9.46. The number of carbonyl (C=O) groups is 2. The van der Waals surface area contributed by atoms with E-state index in [2.05, 4.69) is 14.9 Å². The summed E-state index contributed by atoms with van der Waals surface area (Å²) in [5, 5.41) is 34.1. The third-order valence-corrected chi connectivity index (χ3v) is 6.39. The van der Waals surface area contributed by atoms with Crippen molar-refractivity contribution in [1.82, 2.24) is 14.7 Å². The summed E-state index contributed by atoms with van der Waals surface area (Å²) in [5.41, 5.74) is 7.60. The van der Waals surface area contributed by atoms with Crippen LogP contribution in [0.1, 0.15) is 60.3 Å². The second-order valence-electron chi connectivity index (χ2n) is 10.3. The number of amides is 1. The second-order valence-corrected chi connectivity index (χ2v) is 10.3. The number of imidazole rings is 1. The Morgan fingerprint density at radius 3 is 2.40 bits per heavy atom. The number of nitrogens with zero attached hydrogens (tertiary/aromatic N) is 5. The van der Waals surface area contributed by atoms with Crippen molar-refractivity contribution in [3.8, 4) is 11.1 Å². The van der Waals surface area contributed by atoms with Gasteiger partial charge in [-0.3, -0.25) is 0 Å². The molecule has 1 aromatic heterocycles. The highest BCUT2D eigenvalue weighted by molar-refractivity contribution is 6.03. The minimum absolute atomic E-state index is 0.0440. The number of rotatable bonds is 16. The molecule has 6 N–H and O–H groups in total. The maximum absolute atomic E-state index is 12.2. The normalized spacial score (nSPS) is 11.7. The van der Waals surface area contributed by atoms with Crippen LogP contribution in [-0.2, 0) is 32.9 Å². The van der Waals surface area contributed by atoms with E-state index in [9.17, 15) is 29.9 Å². The highest BCUT2D eigenvalue weighted by Gasteiger charge is 2.31. The monoisotopic (exact) mass is 627 g/mol. The van der Waals surface area contributed by atoms with Gasteiger partial charge < -0.3 is 34.8 Å². The Morgan fingerprint density at radius 1 is 1.11 bits per heavy atom. The molecule has 2 aromatic carbocycles. The number of carboxylic acids is 1. The molecule has 0 atom stereocenters. The van der Waals surface area contributed by atoms with E-state index in [1.807, 2.05) is 43.3 Å². The van der Waals surface area contributed by atoms with Crippen LogP contribution >= 0.6 is 0 Å². The number of ether oxygens (including phenoxy) is 2. The summed E-state index contributed by atoms with van der Waals surface area (Å²) in [5.74, 6) is 5.06. The maximum atomic E-state index is 12.2. The number of hydrogen-bond donors (Lipinski definition) is 4. The summed E-state index contributed by atoms with van der Waals surface area (Å²) in [6, 6.07) is 14.5. The van der Waals surface area contributed by atoms with Crippen molar-refractivity contribution in [2.75, 3.05) is 26.4 Å². The summed E-state index contributed by atoms with van der Waals surface area (Å²) in [7, 11) is 0. The minimum Gasteiger partial charge on any atom is -0.477 e. The van der Waals surface area contributed by atoms with Gasteiger partial charge in [-0.1, -0.05) is 55.5 Å². The van der Waals surface area contributed by atoms with Crippen molar-refractivity contribution in [3.63, 3.8) is 0 Å². The quantitative estimate of drug-likeness (QED) is 0.0341. The molecule has 0 aliphatic heterocycles. The average molecular weight is 628 g/mol. The number of hydrogen-bond acceptors (Lipinski definition) is 11. The van der Waals surface area contributed by atoms with Crippen LogP contribution in [-0.4, -0.2) is 74.3 Å². The number of aryl methyl sites for hydroxylation is 1. The summed E-state index contributed by atoms with van der Waals surface area (Å²) in [4.78, 5) is 43.1. The topological polar surface area (TPSA) is 231 Å². The molecule has 242 valence electrons. The molecule has 1 heterocycles. The van der Waals surface area contributed by atoms with E-state index in [0.29, 0.717) is 28.5 Å². The first kappa shape index (κ1) is 34.4. The van der Waals surface area contributed by atoms with Crippen LogP contribution in [0.2, 0.25) is 0 Å². The molecular weight excluding hydrogens is 590 g/mol. The molecule has 0 unspecified atom stereocenters. The minimum atomic E-state index is -1.43. The van der Waals surface area contributed by atoms with E-state index in [1.54, 1.807) is 16.7 Å². The van der Waals surface area contributed by atoms with Crippen LogP contribution < -0.4 is 11.6 Å². The fourth-order valence-electron chi connectivity index (χ4n) is 4.40. The molecule has 3 aromatic rings. The van der Waals surface area contributed by atoms with Gasteiger partial charge in [-0.25, -0.2) is 20.4 Å². The fraction of sp³-hybridized carbons (Fsp3) is 0.379. The first-order chi connectivity index (χ1) is 21.3. The van der Waals surface area contributed by atoms with Crippen molar-refractivity contribution in [2.24, 2.45) is 16.7 Å². The van der Waals surface area contributed by atoms with Gasteiger partial charge in [0.1, 0.15) is 30.3 Å². The molecule has 16 heteroatoms. The number of hydrazone groups is 1. The number of carboxylic acid groups (broad SMARTS) is 1. The first-order valence-corrected chi connectivity index (χ1v) is 14.0. The Kier molecular flexibility index (Phi) is 11.9. The predicted octanol–water partition coefficient (Wildman–Crippen LogP) is 2.63. The Hall–Kier alpha value is -5.06. The Balaban J connectivity index is 1.74. The lowest BCUT2D eigenvalue weighted by Crippen LogP contribution is -2.36. The number of amidine groups is 1. The van der Waals surface area contributed by atoms with Crippen LogP contribution in [0.4, 0.5) is 4.79 Å². The highest BCUT2D eigenvalue weighted by atomic mass is 17.0. The van der Waals surface area contributed by atoms with Gasteiger partial charge in [-0.2, -0.15) is 0 Å². The summed E-state index contributed by atoms with van der Waals surface area (Å²) < 4.78 is 11.6. The van der Waals surface area contributed by atoms with Gasteiger partial charge in [0.05, 0.1) is 13.2 Å². The maximum Gasteiger partial charge on any atom is 0.445 e. The summed E-state index contributed by atoms with van der Waals surface area (Å²) in [6.45, 7) is 4.66. The fourth-order valence-corrected chi connectivity index (χ4v) is 4.40. The van der Waals surface area contributed by atoms with Crippen molar-refractivity contribution < 1.29 is 39.2 Å². The summed E-state index contributed by atoms with van der Waals surface area (Å²) >= 11 is 0. The lowest BCUT2D eigenvalue weighted by atomic mass is 9.98. The van der Waals surface area contributed by atoms with Crippen LogP contribution in [0.5, 0.6) is 0 Å². The van der Waals surface area contributed by atoms with Crippen molar-refractivity contribution in [3.05, 3.63) is 87.0 Å². The zero-order chi connectivity index (χ0) is 33.1. The van der Waals surface area contributed by atoms with Gasteiger partial charge in [0, 0.05) is 18.5 Å². The molecule has 3 rings (SSSR count). The van der Waals surface area contributed by atoms with E-state index in [0.717, 1.165) is 17.5 Å². The number of aliphatic hydroxyl groups is 1. The molecule has 0 aliphatic rings. The van der Waals surface area contributed by atoms with Crippen molar-refractivity contribution in [2.45, 2.75) is 45.8 Å². The first-order valence-electron chi connectivity index (χ1n) is 14.0. The van der Waals surface area contributed by atoms with Crippen LogP contribution in [0.15, 0.2) is 53.6 Å². The average Bonchev–Trinajstić information content (AvgIpc) is 3.35. The van der Waals surface area contributed by atoms with Gasteiger partial charge in [-0.15, -0.1) is 20.3 Å². The van der Waals surface area contributed by atoms with E-state index in [4.69, 9.17) is 21.1 Å². The molecule has 16 nitrogen and oxygen atoms in total. The number of nitrogens with two attached hydrogens (primary N) is 2. The van der Waals surface area contributed by atoms with Crippen LogP contribution in [0.25, 0.3) is 11.1 Å². The largest absolute Gasteiger partial charge is 0.477 e. The van der Waals surface area contributed by atoms with Gasteiger partial charge in [0.2, 0.25) is 0 Å². The van der Waals surface area contributed by atoms with E-state index >= 15 is 0 Å². The SMILES string of the molecule is CCCc1nc(C(C)(C)O)c(C(=O)O)n1Cc1ccc(-c2ccccc2/C(N)=N/N(N)C(=O)OCCOCCO[N+](=O)[O-])cc1. The molecule has 0 spiro atoms. The zero-order valence-electron chi connectivity index (χ0n) is 25.2. The number of aromatic nitrogens is 2. The Morgan fingerprint density at radius 2 is 1.78 bits per heavy atom. The Bertz CT molecular complexity index is 1520. The van der Waals surface area contributed by atoms with Gasteiger partial charge >= 0.3 is 12.1 Å². The van der Waals surface area contributed by atoms with E-state index in [1.165, 1.54) is 13.8 Å². The third-order valence-electron chi connectivity index (χ3n) is 6.39. The number of aromatic carboxylic acids is 1. The lowest BCUT2D eigenvalue weighted by Gasteiger charge is -2.16. The number of carbonyl (C=O) groups excluding carboxylic acids is 1. The lowest BCUT2D eigenvalue weighted by molar-refractivity contribution is -0.758. The standard InChI is InChI=1S/C29H37N7O9/c1-4-7-23-32-25(29(2,3)40)24(27(37)38)34(23)18-19-10-12-20(13-11-19)21-8-5-6-9-22(21)26(30)33-35(31)28(39)44-16-14-43-15-17-45-36(41)42/h5-6,8-13,40H,4,7,14-18,31H2,1-3H3,(H2,30,33)(H,37,38). The van der Waals surface area contributed by atoms with E-state index in [-0.39, 0.29) is 50.2 Å². The number of benzene rings is 2. The molecule has 0 aliphatic carbocycles. The van der Waals surface area contributed by atoms with Crippen LogP contribution in [0.3, 0.4) is 0 Å². The predicted molar refractivity (Wildman–Crippen MR) is 161 cm³/mol. The molecular formula is C29H37N7O9. The van der Waals surface area contributed by atoms with Gasteiger partial charge in [0.25, 0.3) is 5.09 Å². The van der Waals surface area contributed by atoms with Crippen molar-refractivity contribution >= 4 is 17.9 Å². The molecule has 0 saturated carbocycles. The molecule has 0 fully saturated rings. The molecule has 0 bridgehead atoms. The number of hydrazine groups is 1. The van der Waals surface area contributed by atoms with E-state index < -0.39 is 22.8 Å². The zero-order valence-corrected chi connectivity index (χ0v) is 25.2. The smallest absolute Gasteiger partial charge is 0.445 e. The summed E-state index contributed by atoms with van der Waals surface area (Å²) in [6.07, 6.45) is 0.289. The van der Waals surface area contributed by atoms with Gasteiger partial charge in [0.15, 0.2) is 11.5 Å². The molecule has 0 radical (unpaired) electrons. The highest BCUT2D eigenvalue weighted by Crippen LogP contribution is 2.28. The van der Waals surface area contributed by atoms with Crippen molar-refractivity contribution in [1.29, 1.82) is 0 Å².